The van der Waals surface area contributed by atoms with Gasteiger partial charge in [0.05, 0.1) is 19.4 Å². The topological polar surface area (TPSA) is 96.0 Å². The number of likely N-dealkylation sites (tertiary alicyclic amines) is 1. The van der Waals surface area contributed by atoms with Gasteiger partial charge in [-0.1, -0.05) is 19.3 Å². The van der Waals surface area contributed by atoms with E-state index < -0.39 is 10.0 Å². The molecule has 9 heteroatoms. The van der Waals surface area contributed by atoms with E-state index in [0.717, 1.165) is 32.1 Å². The standard InChI is InChI=1S/C17H31N3O5S/c1-3-25-17(22)19-11-9-14(10-12-19)18-16(21)13-20(26(2,23)24)15-7-5-4-6-8-15/h14-15H,3-13H2,1-2H3,(H,18,21). The molecule has 150 valence electrons. The van der Waals surface area contributed by atoms with Crippen LogP contribution < -0.4 is 5.32 Å². The first-order valence-corrected chi connectivity index (χ1v) is 11.3. The van der Waals surface area contributed by atoms with E-state index in [2.05, 4.69) is 5.32 Å². The van der Waals surface area contributed by atoms with E-state index in [1.807, 2.05) is 0 Å². The first-order valence-electron chi connectivity index (χ1n) is 9.49. The van der Waals surface area contributed by atoms with Crippen LogP contribution in [0.25, 0.3) is 0 Å². The van der Waals surface area contributed by atoms with E-state index in [0.29, 0.717) is 32.5 Å². The van der Waals surface area contributed by atoms with Gasteiger partial charge in [0.25, 0.3) is 0 Å². The number of amides is 2. The van der Waals surface area contributed by atoms with Gasteiger partial charge in [0.1, 0.15) is 0 Å². The van der Waals surface area contributed by atoms with Crippen molar-refractivity contribution in [2.24, 2.45) is 0 Å². The summed E-state index contributed by atoms with van der Waals surface area (Å²) in [6, 6.07) is -0.115. The minimum atomic E-state index is -3.42. The molecule has 2 amide bonds. The summed E-state index contributed by atoms with van der Waals surface area (Å²) in [7, 11) is -3.42. The minimum absolute atomic E-state index is 0.0408. The van der Waals surface area contributed by atoms with Gasteiger partial charge in [0, 0.05) is 25.2 Å². The zero-order chi connectivity index (χ0) is 19.2. The maximum absolute atomic E-state index is 12.4. The number of hydrogen-bond acceptors (Lipinski definition) is 5. The lowest BCUT2D eigenvalue weighted by Crippen LogP contribution is -2.51. The molecule has 0 radical (unpaired) electrons. The van der Waals surface area contributed by atoms with Crippen molar-refractivity contribution in [3.63, 3.8) is 0 Å². The highest BCUT2D eigenvalue weighted by Gasteiger charge is 2.31. The molecule has 8 nitrogen and oxygen atoms in total. The van der Waals surface area contributed by atoms with Crippen LogP contribution in [0.5, 0.6) is 0 Å². The molecular weight excluding hydrogens is 358 g/mol. The number of carbonyl (C=O) groups excluding carboxylic acids is 2. The van der Waals surface area contributed by atoms with E-state index in [-0.39, 0.29) is 30.6 Å². The highest BCUT2D eigenvalue weighted by atomic mass is 32.2. The lowest BCUT2D eigenvalue weighted by atomic mass is 9.95. The molecule has 2 aliphatic rings. The van der Waals surface area contributed by atoms with E-state index in [4.69, 9.17) is 4.74 Å². The number of nitrogens with one attached hydrogen (secondary N) is 1. The molecule has 1 aliphatic heterocycles. The molecule has 0 unspecified atom stereocenters. The molecule has 0 aromatic heterocycles. The van der Waals surface area contributed by atoms with Gasteiger partial charge in [0.2, 0.25) is 15.9 Å². The lowest BCUT2D eigenvalue weighted by Gasteiger charge is -2.34. The van der Waals surface area contributed by atoms with Crippen LogP contribution in [-0.2, 0) is 19.6 Å². The zero-order valence-corrected chi connectivity index (χ0v) is 16.6. The maximum atomic E-state index is 12.4. The van der Waals surface area contributed by atoms with Crippen LogP contribution in [0.4, 0.5) is 4.79 Å². The quantitative estimate of drug-likeness (QED) is 0.739. The maximum Gasteiger partial charge on any atom is 0.409 e. The Morgan fingerprint density at radius 3 is 2.27 bits per heavy atom. The molecular formula is C17H31N3O5S. The highest BCUT2D eigenvalue weighted by Crippen LogP contribution is 2.24. The number of piperidine rings is 1. The van der Waals surface area contributed by atoms with E-state index in [1.165, 1.54) is 10.6 Å². The monoisotopic (exact) mass is 389 g/mol. The number of hydrogen-bond donors (Lipinski definition) is 1. The van der Waals surface area contributed by atoms with Crippen molar-refractivity contribution in [3.8, 4) is 0 Å². The fourth-order valence-electron chi connectivity index (χ4n) is 3.72. The highest BCUT2D eigenvalue weighted by molar-refractivity contribution is 7.88. The van der Waals surface area contributed by atoms with Crippen molar-refractivity contribution in [3.05, 3.63) is 0 Å². The number of sulfonamides is 1. The van der Waals surface area contributed by atoms with Crippen LogP contribution in [0.2, 0.25) is 0 Å². The smallest absolute Gasteiger partial charge is 0.409 e. The van der Waals surface area contributed by atoms with Gasteiger partial charge < -0.3 is 15.0 Å². The SMILES string of the molecule is CCOC(=O)N1CCC(NC(=O)CN(C2CCCCC2)S(C)(=O)=O)CC1. The van der Waals surface area contributed by atoms with Crippen molar-refractivity contribution < 1.29 is 22.7 Å². The Labute approximate surface area is 156 Å². The number of nitrogens with zero attached hydrogens (tertiary/aromatic N) is 2. The molecule has 0 atom stereocenters. The van der Waals surface area contributed by atoms with Gasteiger partial charge in [-0.15, -0.1) is 0 Å². The van der Waals surface area contributed by atoms with Gasteiger partial charge in [-0.25, -0.2) is 13.2 Å². The predicted molar refractivity (Wildman–Crippen MR) is 98.2 cm³/mol. The van der Waals surface area contributed by atoms with Crippen LogP contribution in [0.1, 0.15) is 51.9 Å². The molecule has 0 bridgehead atoms. The summed E-state index contributed by atoms with van der Waals surface area (Å²) in [6.07, 6.45) is 6.91. The van der Waals surface area contributed by atoms with Crippen LogP contribution in [0, 0.1) is 0 Å². The Morgan fingerprint density at radius 1 is 1.12 bits per heavy atom. The van der Waals surface area contributed by atoms with Crippen LogP contribution in [-0.4, -0.2) is 74.2 Å². The van der Waals surface area contributed by atoms with Gasteiger partial charge in [0.15, 0.2) is 0 Å². The predicted octanol–water partition coefficient (Wildman–Crippen LogP) is 1.32. The first-order chi connectivity index (χ1) is 12.3. The van der Waals surface area contributed by atoms with Gasteiger partial charge in [-0.05, 0) is 32.6 Å². The van der Waals surface area contributed by atoms with Crippen LogP contribution in [0.3, 0.4) is 0 Å². The van der Waals surface area contributed by atoms with Gasteiger partial charge in [-0.3, -0.25) is 4.79 Å². The third-order valence-corrected chi connectivity index (χ3v) is 6.37. The number of rotatable bonds is 6. The molecule has 0 aromatic carbocycles. The second kappa shape index (κ2) is 9.55. The van der Waals surface area contributed by atoms with Gasteiger partial charge >= 0.3 is 6.09 Å². The average Bonchev–Trinajstić information content (AvgIpc) is 2.60. The second-order valence-corrected chi connectivity index (χ2v) is 9.06. The minimum Gasteiger partial charge on any atom is -0.450 e. The van der Waals surface area contributed by atoms with Crippen molar-refractivity contribution >= 4 is 22.0 Å². The Balaban J connectivity index is 1.84. The number of ether oxygens (including phenoxy) is 1. The van der Waals surface area contributed by atoms with Gasteiger partial charge in [-0.2, -0.15) is 4.31 Å². The van der Waals surface area contributed by atoms with Crippen LogP contribution >= 0.6 is 0 Å². The Bertz CT molecular complexity index is 581. The molecule has 1 heterocycles. The third kappa shape index (κ3) is 6.12. The van der Waals surface area contributed by atoms with E-state index in [9.17, 15) is 18.0 Å². The first kappa shape index (κ1) is 21.0. The summed E-state index contributed by atoms with van der Waals surface area (Å²) in [5, 5.41) is 2.93. The summed E-state index contributed by atoms with van der Waals surface area (Å²) in [5.41, 5.74) is 0. The Kier molecular flexibility index (Phi) is 7.69. The molecule has 2 rings (SSSR count). The van der Waals surface area contributed by atoms with Crippen molar-refractivity contribution in [1.82, 2.24) is 14.5 Å². The average molecular weight is 390 g/mol. The Hall–Kier alpha value is -1.35. The summed E-state index contributed by atoms with van der Waals surface area (Å²) in [5.74, 6) is -0.268. The fraction of sp³-hybridized carbons (Fsp3) is 0.882. The second-order valence-electron chi connectivity index (χ2n) is 7.13. The normalized spacial score (nSPS) is 20.2. The fourth-order valence-corrected chi connectivity index (χ4v) is 4.83. The van der Waals surface area contributed by atoms with Crippen molar-refractivity contribution in [2.45, 2.75) is 64.0 Å². The summed E-state index contributed by atoms with van der Waals surface area (Å²) >= 11 is 0. The van der Waals surface area contributed by atoms with Crippen molar-refractivity contribution in [1.29, 1.82) is 0 Å². The molecule has 26 heavy (non-hydrogen) atoms. The molecule has 1 aliphatic carbocycles. The molecule has 1 saturated carbocycles. The van der Waals surface area contributed by atoms with Crippen LogP contribution in [0.15, 0.2) is 0 Å². The zero-order valence-electron chi connectivity index (χ0n) is 15.8. The third-order valence-electron chi connectivity index (χ3n) is 5.09. The molecule has 2 fully saturated rings. The molecule has 0 aromatic rings. The van der Waals surface area contributed by atoms with Crippen molar-refractivity contribution in [2.75, 3.05) is 32.5 Å². The van der Waals surface area contributed by atoms with E-state index >= 15 is 0 Å². The summed E-state index contributed by atoms with van der Waals surface area (Å²) in [4.78, 5) is 25.7. The molecule has 0 spiro atoms. The Morgan fingerprint density at radius 2 is 1.73 bits per heavy atom. The number of carbonyl (C=O) groups is 2. The summed E-state index contributed by atoms with van der Waals surface area (Å²) < 4.78 is 30.6. The molecule has 1 saturated heterocycles. The largest absolute Gasteiger partial charge is 0.450 e. The summed E-state index contributed by atoms with van der Waals surface area (Å²) in [6.45, 7) is 3.05. The van der Waals surface area contributed by atoms with E-state index in [1.54, 1.807) is 11.8 Å². The lowest BCUT2D eigenvalue weighted by molar-refractivity contribution is -0.122. The molecule has 1 N–H and O–H groups in total.